The first-order valence-corrected chi connectivity index (χ1v) is 10.5. The van der Waals surface area contributed by atoms with Crippen molar-refractivity contribution in [1.29, 1.82) is 0 Å². The minimum atomic E-state index is -3.66. The van der Waals surface area contributed by atoms with Gasteiger partial charge < -0.3 is 10.4 Å². The lowest BCUT2D eigenvalue weighted by molar-refractivity contribution is -0.148. The molecule has 1 amide bonds. The Balaban J connectivity index is 1.81. The number of benzene rings is 1. The van der Waals surface area contributed by atoms with Crippen LogP contribution in [0, 0.1) is 0 Å². The summed E-state index contributed by atoms with van der Waals surface area (Å²) < 4.78 is 27.2. The van der Waals surface area contributed by atoms with Crippen molar-refractivity contribution in [3.63, 3.8) is 0 Å². The average Bonchev–Trinajstić information content (AvgIpc) is 2.87. The summed E-state index contributed by atoms with van der Waals surface area (Å²) in [6, 6.07) is 5.84. The van der Waals surface area contributed by atoms with Crippen LogP contribution < -0.4 is 5.32 Å². The predicted molar refractivity (Wildman–Crippen MR) is 95.4 cm³/mol. The van der Waals surface area contributed by atoms with Crippen LogP contribution in [0.5, 0.6) is 0 Å². The van der Waals surface area contributed by atoms with Gasteiger partial charge in [-0.15, -0.1) is 0 Å². The first-order valence-electron chi connectivity index (χ1n) is 9.01. The summed E-state index contributed by atoms with van der Waals surface area (Å²) in [5, 5.41) is 11.9. The van der Waals surface area contributed by atoms with Gasteiger partial charge in [-0.05, 0) is 50.3 Å². The number of nitrogens with one attached hydrogen (secondary N) is 1. The molecule has 1 aromatic rings. The van der Waals surface area contributed by atoms with Crippen molar-refractivity contribution in [2.75, 3.05) is 13.1 Å². The summed E-state index contributed by atoms with van der Waals surface area (Å²) in [4.78, 5) is 24.0. The largest absolute Gasteiger partial charge is 0.480 e. The van der Waals surface area contributed by atoms with Crippen molar-refractivity contribution in [2.24, 2.45) is 0 Å². The first-order chi connectivity index (χ1) is 12.3. The SMILES string of the molecule is O=C(NC1(C(=O)O)CCC1)c1cccc(S(=O)(=O)N2CCCCCC2)c1. The van der Waals surface area contributed by atoms with Crippen molar-refractivity contribution < 1.29 is 23.1 Å². The maximum absolute atomic E-state index is 12.9. The second-order valence-corrected chi connectivity index (χ2v) is 8.98. The zero-order valence-corrected chi connectivity index (χ0v) is 15.4. The number of carboxylic acid groups (broad SMARTS) is 1. The number of nitrogens with zero attached hydrogens (tertiary/aromatic N) is 1. The fourth-order valence-electron chi connectivity index (χ4n) is 3.44. The monoisotopic (exact) mass is 380 g/mol. The molecule has 0 atom stereocenters. The topological polar surface area (TPSA) is 104 Å². The fourth-order valence-corrected chi connectivity index (χ4v) is 5.00. The van der Waals surface area contributed by atoms with E-state index in [0.717, 1.165) is 32.1 Å². The van der Waals surface area contributed by atoms with E-state index in [2.05, 4.69) is 5.32 Å². The van der Waals surface area contributed by atoms with Crippen LogP contribution in [0.15, 0.2) is 29.2 Å². The molecule has 0 unspecified atom stereocenters. The van der Waals surface area contributed by atoms with Crippen molar-refractivity contribution in [1.82, 2.24) is 9.62 Å². The molecule has 1 aliphatic heterocycles. The summed E-state index contributed by atoms with van der Waals surface area (Å²) in [5.74, 6) is -1.61. The second-order valence-electron chi connectivity index (χ2n) is 7.04. The van der Waals surface area contributed by atoms with Crippen molar-refractivity contribution in [2.45, 2.75) is 55.4 Å². The highest BCUT2D eigenvalue weighted by atomic mass is 32.2. The Morgan fingerprint density at radius 3 is 2.23 bits per heavy atom. The molecule has 0 bridgehead atoms. The van der Waals surface area contributed by atoms with Gasteiger partial charge in [-0.3, -0.25) is 4.79 Å². The molecule has 2 aliphatic rings. The van der Waals surface area contributed by atoms with E-state index in [1.807, 2.05) is 0 Å². The molecule has 0 spiro atoms. The van der Waals surface area contributed by atoms with Gasteiger partial charge in [0.25, 0.3) is 5.91 Å². The molecular formula is C18H24N2O5S. The lowest BCUT2D eigenvalue weighted by Gasteiger charge is -2.38. The average molecular weight is 380 g/mol. The predicted octanol–water partition coefficient (Wildman–Crippen LogP) is 1.99. The number of aliphatic carboxylic acids is 1. The van der Waals surface area contributed by atoms with Crippen LogP contribution in [0.25, 0.3) is 0 Å². The number of hydrogen-bond donors (Lipinski definition) is 2. The summed E-state index contributed by atoms with van der Waals surface area (Å²) in [6.45, 7) is 0.974. The number of sulfonamides is 1. The van der Waals surface area contributed by atoms with Gasteiger partial charge in [-0.1, -0.05) is 18.9 Å². The normalized spacial score (nSPS) is 20.6. The molecule has 7 nitrogen and oxygen atoms in total. The Labute approximate surface area is 153 Å². The van der Waals surface area contributed by atoms with Gasteiger partial charge in [0.1, 0.15) is 5.54 Å². The molecule has 142 valence electrons. The van der Waals surface area contributed by atoms with Crippen molar-refractivity contribution in [3.8, 4) is 0 Å². The molecule has 3 rings (SSSR count). The second kappa shape index (κ2) is 7.36. The number of carbonyl (C=O) groups is 2. The quantitative estimate of drug-likeness (QED) is 0.813. The summed E-state index contributed by atoms with van der Waals surface area (Å²) in [5.41, 5.74) is -1.06. The zero-order chi connectivity index (χ0) is 18.8. The Hall–Kier alpha value is -1.93. The van der Waals surface area contributed by atoms with E-state index >= 15 is 0 Å². The molecule has 1 saturated carbocycles. The van der Waals surface area contributed by atoms with E-state index < -0.39 is 27.4 Å². The van der Waals surface area contributed by atoms with E-state index in [4.69, 9.17) is 0 Å². The number of carbonyl (C=O) groups excluding carboxylic acids is 1. The Bertz CT molecular complexity index is 794. The Kier molecular flexibility index (Phi) is 5.34. The third kappa shape index (κ3) is 3.61. The van der Waals surface area contributed by atoms with Crippen molar-refractivity contribution >= 4 is 21.9 Å². The molecular weight excluding hydrogens is 356 g/mol. The third-order valence-corrected chi connectivity index (χ3v) is 7.16. The van der Waals surface area contributed by atoms with Crippen LogP contribution in [0.2, 0.25) is 0 Å². The smallest absolute Gasteiger partial charge is 0.329 e. The van der Waals surface area contributed by atoms with Crippen LogP contribution in [0.1, 0.15) is 55.3 Å². The highest BCUT2D eigenvalue weighted by Crippen LogP contribution is 2.32. The van der Waals surface area contributed by atoms with Crippen LogP contribution in [-0.2, 0) is 14.8 Å². The highest BCUT2D eigenvalue weighted by molar-refractivity contribution is 7.89. The molecule has 1 heterocycles. The molecule has 2 fully saturated rings. The molecule has 0 aromatic heterocycles. The van der Waals surface area contributed by atoms with Crippen LogP contribution in [-0.4, -0.2) is 48.3 Å². The number of rotatable bonds is 5. The van der Waals surface area contributed by atoms with Gasteiger partial charge in [0.05, 0.1) is 4.90 Å². The van der Waals surface area contributed by atoms with Crippen LogP contribution >= 0.6 is 0 Å². The lowest BCUT2D eigenvalue weighted by atomic mass is 9.76. The lowest BCUT2D eigenvalue weighted by Crippen LogP contribution is -2.59. The van der Waals surface area contributed by atoms with Crippen molar-refractivity contribution in [3.05, 3.63) is 29.8 Å². The molecule has 1 aliphatic carbocycles. The zero-order valence-electron chi connectivity index (χ0n) is 14.6. The minimum Gasteiger partial charge on any atom is -0.480 e. The highest BCUT2D eigenvalue weighted by Gasteiger charge is 2.45. The van der Waals surface area contributed by atoms with Gasteiger partial charge in [0, 0.05) is 18.7 Å². The third-order valence-electron chi connectivity index (χ3n) is 5.27. The Morgan fingerprint density at radius 2 is 1.69 bits per heavy atom. The van der Waals surface area contributed by atoms with E-state index in [0.29, 0.717) is 25.9 Å². The molecule has 8 heteroatoms. The maximum atomic E-state index is 12.9. The molecule has 2 N–H and O–H groups in total. The maximum Gasteiger partial charge on any atom is 0.329 e. The molecule has 1 saturated heterocycles. The Morgan fingerprint density at radius 1 is 1.04 bits per heavy atom. The first kappa shape index (κ1) is 18.8. The number of carboxylic acids is 1. The van der Waals surface area contributed by atoms with Crippen LogP contribution in [0.3, 0.4) is 0 Å². The summed E-state index contributed by atoms with van der Waals surface area (Å²) >= 11 is 0. The van der Waals surface area contributed by atoms with Gasteiger partial charge in [-0.2, -0.15) is 4.31 Å². The van der Waals surface area contributed by atoms with E-state index in [-0.39, 0.29) is 10.5 Å². The number of hydrogen-bond acceptors (Lipinski definition) is 4. The van der Waals surface area contributed by atoms with E-state index in [1.54, 1.807) is 0 Å². The summed E-state index contributed by atoms with van der Waals surface area (Å²) in [6.07, 6.45) is 5.23. The standard InChI is InChI=1S/C18H24N2O5S/c21-16(19-18(17(22)23)9-6-10-18)14-7-5-8-15(13-14)26(24,25)20-11-3-1-2-4-12-20/h5,7-8,13H,1-4,6,9-12H2,(H,19,21)(H,22,23). The van der Waals surface area contributed by atoms with Crippen LogP contribution in [0.4, 0.5) is 0 Å². The molecule has 26 heavy (non-hydrogen) atoms. The van der Waals surface area contributed by atoms with Gasteiger partial charge in [0.15, 0.2) is 0 Å². The van der Waals surface area contributed by atoms with Gasteiger partial charge >= 0.3 is 5.97 Å². The van der Waals surface area contributed by atoms with E-state index in [1.165, 1.54) is 28.6 Å². The van der Waals surface area contributed by atoms with Gasteiger partial charge in [0.2, 0.25) is 10.0 Å². The van der Waals surface area contributed by atoms with E-state index in [9.17, 15) is 23.1 Å². The fraction of sp³-hybridized carbons (Fsp3) is 0.556. The summed E-state index contributed by atoms with van der Waals surface area (Å²) in [7, 11) is -3.66. The minimum absolute atomic E-state index is 0.0741. The number of amides is 1. The van der Waals surface area contributed by atoms with Gasteiger partial charge in [-0.25, -0.2) is 13.2 Å². The molecule has 1 aromatic carbocycles. The molecule has 0 radical (unpaired) electrons.